The van der Waals surface area contributed by atoms with E-state index in [1.165, 1.54) is 44.5 Å². The molecule has 1 aromatic heterocycles. The lowest BCUT2D eigenvalue weighted by atomic mass is 9.65. The van der Waals surface area contributed by atoms with Crippen molar-refractivity contribution in [3.63, 3.8) is 0 Å². The van der Waals surface area contributed by atoms with Crippen LogP contribution in [0.1, 0.15) is 47.2 Å². The summed E-state index contributed by atoms with van der Waals surface area (Å²) in [6.07, 6.45) is 0. The van der Waals surface area contributed by atoms with Crippen LogP contribution in [0.5, 0.6) is 11.5 Å². The average molecular weight is 882 g/mol. The zero-order chi connectivity index (χ0) is 45.6. The van der Waals surface area contributed by atoms with Crippen molar-refractivity contribution in [3.8, 4) is 44.9 Å². The lowest BCUT2D eigenvalue weighted by molar-refractivity contribution is 0.447. The average Bonchev–Trinajstić information content (AvgIpc) is 4.00. The molecule has 0 bridgehead atoms. The highest BCUT2D eigenvalue weighted by molar-refractivity contribution is 6.10. The van der Waals surface area contributed by atoms with Gasteiger partial charge in [0.15, 0.2) is 0 Å². The lowest BCUT2D eigenvalue weighted by Gasteiger charge is -2.40. The van der Waals surface area contributed by atoms with Gasteiger partial charge in [-0.2, -0.15) is 0 Å². The van der Waals surface area contributed by atoms with Crippen LogP contribution in [0, 0.1) is 0 Å². The quantitative estimate of drug-likeness (QED) is 0.176. The number of nitrogens with zero attached hydrogens (tertiary/aromatic N) is 1. The monoisotopic (exact) mass is 881 g/mol. The summed E-state index contributed by atoms with van der Waals surface area (Å²) in [7, 11) is 0. The molecule has 0 atom stereocenters. The van der Waals surface area contributed by atoms with Crippen molar-refractivity contribution in [2.45, 2.75) is 24.7 Å². The Hall–Kier alpha value is -8.66. The summed E-state index contributed by atoms with van der Waals surface area (Å²) in [5.41, 5.74) is 19.1. The maximum absolute atomic E-state index is 7.24. The predicted octanol–water partition coefficient (Wildman–Crippen LogP) is 17.8. The van der Waals surface area contributed by atoms with E-state index in [9.17, 15) is 0 Å². The van der Waals surface area contributed by atoms with E-state index in [0.717, 1.165) is 94.3 Å². The summed E-state index contributed by atoms with van der Waals surface area (Å²) >= 11 is 0. The van der Waals surface area contributed by atoms with E-state index in [2.05, 4.69) is 237 Å². The summed E-state index contributed by atoms with van der Waals surface area (Å²) in [6.45, 7) is 4.70. The van der Waals surface area contributed by atoms with E-state index >= 15 is 0 Å². The molecule has 2 aliphatic carbocycles. The smallest absolute Gasteiger partial charge is 0.143 e. The molecule has 11 aromatic carbocycles. The lowest BCUT2D eigenvalue weighted by Crippen LogP contribution is -2.32. The van der Waals surface area contributed by atoms with Crippen molar-refractivity contribution in [2.24, 2.45) is 0 Å². The molecular formula is C66H43NO2. The first-order valence-corrected chi connectivity index (χ1v) is 24.0. The van der Waals surface area contributed by atoms with Crippen LogP contribution in [-0.4, -0.2) is 0 Å². The Morgan fingerprint density at radius 1 is 0.348 bits per heavy atom. The Balaban J connectivity index is 0.960. The summed E-state index contributed by atoms with van der Waals surface area (Å²) in [5.74, 6) is 1.84. The molecule has 1 aliphatic heterocycles. The van der Waals surface area contributed by atoms with E-state index in [-0.39, 0.29) is 5.41 Å². The first-order valence-electron chi connectivity index (χ1n) is 24.0. The SMILES string of the molecule is CC1(C)c2ccccc2-c2cc(N(c3ccc(-c4cccc5c4oc4ccccc45)cc3)c3ccc4c(c3)-c3ccccc3C43c4ccc5ccccc5c4Oc4c3ccc3ccccc43)ccc21. The Morgan fingerprint density at radius 2 is 0.826 bits per heavy atom. The fraction of sp³-hybridized carbons (Fsp3) is 0.0606. The molecular weight excluding hydrogens is 839 g/mol. The van der Waals surface area contributed by atoms with Crippen LogP contribution in [0.4, 0.5) is 17.1 Å². The molecule has 12 aromatic rings. The highest BCUT2D eigenvalue weighted by atomic mass is 16.5. The standard InChI is InChI=1S/C66H43NO2/c1-65(2)55-23-10-7-18-49(55)53-38-44(32-36-56(53)65)67(43-30-26-42(27-31-43)46-21-13-22-52-51-20-9-12-25-61(51)68-62(46)52)45-33-37-58-54(39-45)50-19-8-11-24-57(50)66(58)59-34-28-40-14-3-5-16-47(40)63(59)69-64-48-17-6-4-15-41(48)29-35-60(64)66/h3-39H,1-2H3. The molecule has 324 valence electrons. The van der Waals surface area contributed by atoms with Gasteiger partial charge in [0.1, 0.15) is 22.7 Å². The maximum Gasteiger partial charge on any atom is 0.143 e. The minimum atomic E-state index is -0.631. The molecule has 3 nitrogen and oxygen atoms in total. The molecule has 3 heteroatoms. The second-order valence-electron chi connectivity index (χ2n) is 19.5. The van der Waals surface area contributed by atoms with Gasteiger partial charge in [-0.25, -0.2) is 0 Å². The highest BCUT2D eigenvalue weighted by Crippen LogP contribution is 2.64. The summed E-state index contributed by atoms with van der Waals surface area (Å²) in [4.78, 5) is 2.44. The Morgan fingerprint density at radius 3 is 1.52 bits per heavy atom. The van der Waals surface area contributed by atoms with Gasteiger partial charge in [-0.1, -0.05) is 196 Å². The molecule has 3 aliphatic rings. The number of hydrogen-bond donors (Lipinski definition) is 0. The van der Waals surface area contributed by atoms with Crippen LogP contribution in [0.2, 0.25) is 0 Å². The molecule has 2 heterocycles. The molecule has 0 amide bonds. The molecule has 0 fully saturated rings. The van der Waals surface area contributed by atoms with Crippen LogP contribution >= 0.6 is 0 Å². The zero-order valence-corrected chi connectivity index (χ0v) is 38.1. The van der Waals surface area contributed by atoms with Gasteiger partial charge in [0.2, 0.25) is 0 Å². The third-order valence-electron chi connectivity index (χ3n) is 15.7. The van der Waals surface area contributed by atoms with Gasteiger partial charge in [0.05, 0.1) is 5.41 Å². The van der Waals surface area contributed by atoms with E-state index in [0.29, 0.717) is 0 Å². The van der Waals surface area contributed by atoms with Gasteiger partial charge in [0, 0.05) is 60.7 Å². The molecule has 15 rings (SSSR count). The van der Waals surface area contributed by atoms with Crippen molar-refractivity contribution >= 4 is 60.5 Å². The Bertz CT molecular complexity index is 4070. The van der Waals surface area contributed by atoms with Crippen molar-refractivity contribution in [2.75, 3.05) is 4.90 Å². The van der Waals surface area contributed by atoms with Crippen molar-refractivity contribution in [1.29, 1.82) is 0 Å². The Labute approximate surface area is 400 Å². The topological polar surface area (TPSA) is 25.6 Å². The van der Waals surface area contributed by atoms with Gasteiger partial charge in [-0.3, -0.25) is 0 Å². The second kappa shape index (κ2) is 13.9. The van der Waals surface area contributed by atoms with Crippen molar-refractivity contribution in [1.82, 2.24) is 0 Å². The number of rotatable bonds is 4. The van der Waals surface area contributed by atoms with Crippen LogP contribution < -0.4 is 9.64 Å². The third-order valence-corrected chi connectivity index (χ3v) is 15.7. The van der Waals surface area contributed by atoms with Crippen LogP contribution in [-0.2, 0) is 10.8 Å². The van der Waals surface area contributed by atoms with Crippen molar-refractivity contribution < 1.29 is 9.15 Å². The second-order valence-corrected chi connectivity index (χ2v) is 19.5. The molecule has 0 saturated heterocycles. The van der Waals surface area contributed by atoms with Gasteiger partial charge in [-0.05, 0) is 103 Å². The van der Waals surface area contributed by atoms with Gasteiger partial charge < -0.3 is 14.1 Å². The van der Waals surface area contributed by atoms with Crippen LogP contribution in [0.3, 0.4) is 0 Å². The molecule has 0 radical (unpaired) electrons. The van der Waals surface area contributed by atoms with Gasteiger partial charge in [0.25, 0.3) is 0 Å². The number of ether oxygens (including phenoxy) is 1. The third kappa shape index (κ3) is 5.17. The summed E-state index contributed by atoms with van der Waals surface area (Å²) < 4.78 is 13.8. The first kappa shape index (κ1) is 38.4. The molecule has 1 spiro atoms. The number of benzene rings is 11. The first-order chi connectivity index (χ1) is 34.0. The zero-order valence-electron chi connectivity index (χ0n) is 38.1. The summed E-state index contributed by atoms with van der Waals surface area (Å²) in [5, 5.41) is 6.81. The fourth-order valence-corrected chi connectivity index (χ4v) is 12.6. The minimum Gasteiger partial charge on any atom is -0.455 e. The number of anilines is 3. The minimum absolute atomic E-state index is 0.104. The van der Waals surface area contributed by atoms with E-state index < -0.39 is 5.41 Å². The normalized spacial score (nSPS) is 14.3. The number of hydrogen-bond acceptors (Lipinski definition) is 3. The predicted molar refractivity (Wildman–Crippen MR) is 284 cm³/mol. The van der Waals surface area contributed by atoms with Gasteiger partial charge >= 0.3 is 0 Å². The van der Waals surface area contributed by atoms with Gasteiger partial charge in [-0.15, -0.1) is 0 Å². The number of fused-ring (bicyclic) bond motifs is 19. The highest BCUT2D eigenvalue weighted by Gasteiger charge is 2.52. The number of furan rings is 1. The summed E-state index contributed by atoms with van der Waals surface area (Å²) in [6, 6.07) is 82.5. The molecule has 0 unspecified atom stereocenters. The number of para-hydroxylation sites is 2. The molecule has 69 heavy (non-hydrogen) atoms. The Kier molecular flexibility index (Phi) is 7.77. The van der Waals surface area contributed by atoms with Crippen LogP contribution in [0.25, 0.3) is 76.9 Å². The van der Waals surface area contributed by atoms with E-state index in [4.69, 9.17) is 9.15 Å². The molecule has 0 N–H and O–H groups in total. The van der Waals surface area contributed by atoms with Crippen molar-refractivity contribution in [3.05, 3.63) is 258 Å². The maximum atomic E-state index is 7.24. The fourth-order valence-electron chi connectivity index (χ4n) is 12.6. The van der Waals surface area contributed by atoms with E-state index in [1.54, 1.807) is 0 Å². The largest absolute Gasteiger partial charge is 0.455 e. The molecule has 0 saturated carbocycles. The van der Waals surface area contributed by atoms with E-state index in [1.807, 2.05) is 6.07 Å². The van der Waals surface area contributed by atoms with Crippen LogP contribution in [0.15, 0.2) is 229 Å².